The molecule has 0 saturated heterocycles. The average molecular weight is 242 g/mol. The summed E-state index contributed by atoms with van der Waals surface area (Å²) < 4.78 is 10.1. The first kappa shape index (κ1) is 10.1. The summed E-state index contributed by atoms with van der Waals surface area (Å²) in [7, 11) is 0. The molecule has 3 aromatic rings. The summed E-state index contributed by atoms with van der Waals surface area (Å²) in [6.45, 7) is 0. The Hall–Kier alpha value is -2.07. The van der Waals surface area contributed by atoms with Crippen molar-refractivity contribution < 1.29 is 4.74 Å². The Kier molecular flexibility index (Phi) is 2.42. The van der Waals surface area contributed by atoms with Crippen LogP contribution in [0.1, 0.15) is 0 Å². The van der Waals surface area contributed by atoms with E-state index >= 15 is 0 Å². The van der Waals surface area contributed by atoms with E-state index in [4.69, 9.17) is 10.5 Å². The second-order valence-electron chi connectivity index (χ2n) is 3.66. The van der Waals surface area contributed by atoms with Gasteiger partial charge in [-0.25, -0.2) is 0 Å². The lowest BCUT2D eigenvalue weighted by Crippen LogP contribution is -1.85. The Morgan fingerprint density at radius 2 is 1.76 bits per heavy atom. The number of nitrogen functional groups attached to an aromatic ring is 1. The molecule has 2 N–H and O–H groups in total. The SMILES string of the molecule is Nc1ccc(Oc2snc3ccccc23)cc1. The van der Waals surface area contributed by atoms with Crippen LogP contribution in [0.4, 0.5) is 5.69 Å². The summed E-state index contributed by atoms with van der Waals surface area (Å²) in [5, 5.41) is 1.85. The highest BCUT2D eigenvalue weighted by Crippen LogP contribution is 2.33. The molecule has 17 heavy (non-hydrogen) atoms. The molecule has 1 heterocycles. The lowest BCUT2D eigenvalue weighted by molar-refractivity contribution is 0.501. The van der Waals surface area contributed by atoms with Crippen LogP contribution in [0, 0.1) is 0 Å². The molecule has 0 bridgehead atoms. The predicted molar refractivity (Wildman–Crippen MR) is 70.5 cm³/mol. The van der Waals surface area contributed by atoms with E-state index in [1.807, 2.05) is 48.5 Å². The zero-order valence-electron chi connectivity index (χ0n) is 8.96. The van der Waals surface area contributed by atoms with Crippen LogP contribution in [-0.4, -0.2) is 4.37 Å². The number of benzene rings is 2. The van der Waals surface area contributed by atoms with Gasteiger partial charge in [-0.1, -0.05) is 12.1 Å². The minimum absolute atomic E-state index is 0.728. The fourth-order valence-electron chi connectivity index (χ4n) is 1.58. The highest BCUT2D eigenvalue weighted by atomic mass is 32.1. The van der Waals surface area contributed by atoms with Crippen molar-refractivity contribution in [2.45, 2.75) is 0 Å². The van der Waals surface area contributed by atoms with Gasteiger partial charge in [-0.3, -0.25) is 0 Å². The largest absolute Gasteiger partial charge is 0.444 e. The summed E-state index contributed by atoms with van der Waals surface area (Å²) >= 11 is 1.36. The van der Waals surface area contributed by atoms with Gasteiger partial charge in [0.25, 0.3) is 0 Å². The normalized spacial score (nSPS) is 10.6. The van der Waals surface area contributed by atoms with Crippen LogP contribution in [-0.2, 0) is 0 Å². The van der Waals surface area contributed by atoms with Gasteiger partial charge in [-0.15, -0.1) is 0 Å². The van der Waals surface area contributed by atoms with Gasteiger partial charge in [-0.2, -0.15) is 4.37 Å². The summed E-state index contributed by atoms with van der Waals surface area (Å²) in [5.74, 6) is 0.772. The topological polar surface area (TPSA) is 48.1 Å². The molecule has 0 atom stereocenters. The highest BCUT2D eigenvalue weighted by Gasteiger charge is 2.06. The number of nitrogens with zero attached hydrogens (tertiary/aromatic N) is 1. The van der Waals surface area contributed by atoms with Crippen molar-refractivity contribution >= 4 is 28.1 Å². The van der Waals surface area contributed by atoms with E-state index in [1.54, 1.807) is 0 Å². The van der Waals surface area contributed by atoms with Gasteiger partial charge in [0.05, 0.1) is 10.9 Å². The minimum atomic E-state index is 0.728. The third-order valence-corrected chi connectivity index (χ3v) is 3.20. The second-order valence-corrected chi connectivity index (χ2v) is 4.39. The average Bonchev–Trinajstić information content (AvgIpc) is 2.76. The fourth-order valence-corrected chi connectivity index (χ4v) is 2.33. The lowest BCUT2D eigenvalue weighted by Gasteiger charge is -2.02. The third kappa shape index (κ3) is 1.94. The second kappa shape index (κ2) is 4.07. The Morgan fingerprint density at radius 1 is 1.00 bits per heavy atom. The first-order chi connectivity index (χ1) is 8.33. The molecule has 0 amide bonds. The van der Waals surface area contributed by atoms with Crippen molar-refractivity contribution in [3.8, 4) is 10.8 Å². The van der Waals surface area contributed by atoms with E-state index in [9.17, 15) is 0 Å². The van der Waals surface area contributed by atoms with Crippen LogP contribution in [0.2, 0.25) is 0 Å². The lowest BCUT2D eigenvalue weighted by atomic mass is 10.2. The molecule has 0 unspecified atom stereocenters. The Bertz CT molecular complexity index is 646. The molecule has 0 fully saturated rings. The van der Waals surface area contributed by atoms with E-state index in [-0.39, 0.29) is 0 Å². The third-order valence-electron chi connectivity index (χ3n) is 2.44. The van der Waals surface area contributed by atoms with Gasteiger partial charge in [0.15, 0.2) is 0 Å². The van der Waals surface area contributed by atoms with Crippen molar-refractivity contribution in [2.75, 3.05) is 5.73 Å². The molecule has 0 spiro atoms. The molecule has 0 aliphatic heterocycles. The fraction of sp³-hybridized carbons (Fsp3) is 0. The molecule has 0 radical (unpaired) electrons. The van der Waals surface area contributed by atoms with Crippen molar-refractivity contribution in [3.63, 3.8) is 0 Å². The molecular formula is C13H10N2OS. The summed E-state index contributed by atoms with van der Waals surface area (Å²) in [6.07, 6.45) is 0. The van der Waals surface area contributed by atoms with Gasteiger partial charge < -0.3 is 10.5 Å². The Morgan fingerprint density at radius 3 is 2.59 bits per heavy atom. The van der Waals surface area contributed by atoms with Crippen molar-refractivity contribution in [2.24, 2.45) is 0 Å². The van der Waals surface area contributed by atoms with Crippen LogP contribution < -0.4 is 10.5 Å². The molecule has 0 aliphatic carbocycles. The van der Waals surface area contributed by atoms with Gasteiger partial charge >= 0.3 is 0 Å². The number of hydrogen-bond donors (Lipinski definition) is 1. The molecule has 2 aromatic carbocycles. The first-order valence-electron chi connectivity index (χ1n) is 5.21. The van der Waals surface area contributed by atoms with Crippen LogP contribution >= 0.6 is 11.5 Å². The maximum absolute atomic E-state index is 5.79. The number of hydrogen-bond acceptors (Lipinski definition) is 4. The molecule has 3 nitrogen and oxygen atoms in total. The molecule has 3 rings (SSSR count). The Labute approximate surface area is 103 Å². The molecule has 84 valence electrons. The molecule has 0 aliphatic rings. The highest BCUT2D eigenvalue weighted by molar-refractivity contribution is 7.09. The van der Waals surface area contributed by atoms with E-state index < -0.39 is 0 Å². The number of nitrogens with two attached hydrogens (primary N) is 1. The maximum atomic E-state index is 5.79. The van der Waals surface area contributed by atoms with E-state index in [0.29, 0.717) is 0 Å². The van der Waals surface area contributed by atoms with Crippen LogP contribution in [0.5, 0.6) is 10.8 Å². The Balaban J connectivity index is 1.97. The van der Waals surface area contributed by atoms with Crippen molar-refractivity contribution in [1.29, 1.82) is 0 Å². The number of rotatable bonds is 2. The number of fused-ring (bicyclic) bond motifs is 1. The van der Waals surface area contributed by atoms with E-state index in [1.165, 1.54) is 11.5 Å². The molecule has 4 heteroatoms. The summed E-state index contributed by atoms with van der Waals surface area (Å²) in [6, 6.07) is 15.3. The zero-order chi connectivity index (χ0) is 11.7. The van der Waals surface area contributed by atoms with Crippen LogP contribution in [0.15, 0.2) is 48.5 Å². The number of ether oxygens (including phenoxy) is 1. The van der Waals surface area contributed by atoms with Gasteiger partial charge in [0, 0.05) is 17.2 Å². The monoisotopic (exact) mass is 242 g/mol. The molecule has 1 aromatic heterocycles. The molecular weight excluding hydrogens is 232 g/mol. The standard InChI is InChI=1S/C13H10N2OS/c14-9-5-7-10(8-6-9)16-13-11-3-1-2-4-12(11)15-17-13/h1-8H,14H2. The zero-order valence-corrected chi connectivity index (χ0v) is 9.78. The minimum Gasteiger partial charge on any atom is -0.444 e. The van der Waals surface area contributed by atoms with Gasteiger partial charge in [0.1, 0.15) is 5.75 Å². The van der Waals surface area contributed by atoms with Gasteiger partial charge in [0.2, 0.25) is 5.06 Å². The summed E-state index contributed by atoms with van der Waals surface area (Å²) in [4.78, 5) is 0. The molecule has 0 saturated carbocycles. The smallest absolute Gasteiger partial charge is 0.207 e. The first-order valence-corrected chi connectivity index (χ1v) is 5.98. The van der Waals surface area contributed by atoms with Gasteiger partial charge in [-0.05, 0) is 36.4 Å². The number of aromatic nitrogens is 1. The maximum Gasteiger partial charge on any atom is 0.207 e. The quantitative estimate of drug-likeness (QED) is 0.697. The van der Waals surface area contributed by atoms with E-state index in [0.717, 1.165) is 27.4 Å². The van der Waals surface area contributed by atoms with E-state index in [2.05, 4.69) is 4.37 Å². The van der Waals surface area contributed by atoms with Crippen LogP contribution in [0.25, 0.3) is 10.9 Å². The van der Waals surface area contributed by atoms with Crippen molar-refractivity contribution in [3.05, 3.63) is 48.5 Å². The predicted octanol–water partition coefficient (Wildman–Crippen LogP) is 3.67. The van der Waals surface area contributed by atoms with Crippen LogP contribution in [0.3, 0.4) is 0 Å². The number of anilines is 1. The van der Waals surface area contributed by atoms with Crippen molar-refractivity contribution in [1.82, 2.24) is 4.37 Å². The summed E-state index contributed by atoms with van der Waals surface area (Å²) in [5.41, 5.74) is 7.31.